The van der Waals surface area contributed by atoms with E-state index < -0.39 is 6.10 Å². The molecule has 0 saturated heterocycles. The van der Waals surface area contributed by atoms with Gasteiger partial charge in [-0.2, -0.15) is 0 Å². The minimum Gasteiger partial charge on any atom is -0.389 e. The summed E-state index contributed by atoms with van der Waals surface area (Å²) in [7, 11) is 0. The number of rotatable bonds is 3. The van der Waals surface area contributed by atoms with Gasteiger partial charge in [0.2, 0.25) is 0 Å². The molecule has 1 unspecified atom stereocenters. The third-order valence-electron chi connectivity index (χ3n) is 1.82. The van der Waals surface area contributed by atoms with Gasteiger partial charge >= 0.3 is 0 Å². The van der Waals surface area contributed by atoms with Crippen molar-refractivity contribution in [1.29, 1.82) is 0 Å². The van der Waals surface area contributed by atoms with Gasteiger partial charge in [0.15, 0.2) is 0 Å². The summed E-state index contributed by atoms with van der Waals surface area (Å²) in [6, 6.07) is 5.31. The van der Waals surface area contributed by atoms with Gasteiger partial charge in [0.1, 0.15) is 0 Å². The Morgan fingerprint density at radius 1 is 1.23 bits per heavy atom. The van der Waals surface area contributed by atoms with E-state index in [1.807, 2.05) is 0 Å². The predicted molar refractivity (Wildman–Crippen MR) is 55.5 cm³/mol. The molecule has 1 aromatic rings. The van der Waals surface area contributed by atoms with E-state index >= 15 is 0 Å². The van der Waals surface area contributed by atoms with Crippen LogP contribution in [0.1, 0.15) is 18.6 Å². The fraction of sp³-hybridized carbons (Fsp3) is 0.200. The molecule has 0 saturated carbocycles. The van der Waals surface area contributed by atoms with Crippen LogP contribution in [0, 0.1) is 0 Å². The Kier molecular flexibility index (Phi) is 2.93. The van der Waals surface area contributed by atoms with Crippen LogP contribution in [0.5, 0.6) is 0 Å². The van der Waals surface area contributed by atoms with E-state index in [0.29, 0.717) is 11.4 Å². The fourth-order valence-electron chi connectivity index (χ4n) is 1.06. The second-order valence-corrected chi connectivity index (χ2v) is 2.74. The zero-order valence-corrected chi connectivity index (χ0v) is 7.57. The highest BCUT2D eigenvalue weighted by molar-refractivity contribution is 5.67. The van der Waals surface area contributed by atoms with Gasteiger partial charge in [0.25, 0.3) is 0 Å². The van der Waals surface area contributed by atoms with E-state index in [9.17, 15) is 5.11 Å². The van der Waals surface area contributed by atoms with E-state index in [4.69, 9.17) is 0 Å². The van der Waals surface area contributed by atoms with Crippen LogP contribution in [0.25, 0.3) is 0 Å². The third-order valence-corrected chi connectivity index (χ3v) is 1.82. The SMILES string of the molecule is C=Nc1ccc(C(C)O)cc1N=C. The predicted octanol–water partition coefficient (Wildman–Crippen LogP) is 2.40. The van der Waals surface area contributed by atoms with Crippen molar-refractivity contribution < 1.29 is 5.11 Å². The van der Waals surface area contributed by atoms with E-state index in [1.165, 1.54) is 0 Å². The molecule has 1 rings (SSSR count). The van der Waals surface area contributed by atoms with Gasteiger partial charge < -0.3 is 5.11 Å². The molecular weight excluding hydrogens is 164 g/mol. The highest BCUT2D eigenvalue weighted by Gasteiger charge is 2.04. The van der Waals surface area contributed by atoms with E-state index in [2.05, 4.69) is 23.4 Å². The fourth-order valence-corrected chi connectivity index (χ4v) is 1.06. The van der Waals surface area contributed by atoms with Crippen molar-refractivity contribution >= 4 is 24.8 Å². The second kappa shape index (κ2) is 3.96. The van der Waals surface area contributed by atoms with Gasteiger partial charge in [-0.05, 0) is 38.1 Å². The molecule has 0 amide bonds. The molecule has 0 aliphatic rings. The van der Waals surface area contributed by atoms with Crippen LogP contribution in [-0.2, 0) is 0 Å². The Balaban J connectivity index is 3.20. The van der Waals surface area contributed by atoms with Crippen molar-refractivity contribution in [3.05, 3.63) is 23.8 Å². The maximum absolute atomic E-state index is 9.30. The van der Waals surface area contributed by atoms with Gasteiger partial charge in [-0.25, -0.2) is 0 Å². The first-order chi connectivity index (χ1) is 6.19. The van der Waals surface area contributed by atoms with Crippen molar-refractivity contribution in [2.45, 2.75) is 13.0 Å². The lowest BCUT2D eigenvalue weighted by atomic mass is 10.1. The molecule has 0 radical (unpaired) electrons. The number of aliphatic hydroxyl groups is 1. The lowest BCUT2D eigenvalue weighted by Crippen LogP contribution is -1.89. The van der Waals surface area contributed by atoms with E-state index in [0.717, 1.165) is 5.56 Å². The Bertz CT molecular complexity index is 332. The van der Waals surface area contributed by atoms with Gasteiger partial charge in [0.05, 0.1) is 17.5 Å². The lowest BCUT2D eigenvalue weighted by Gasteiger charge is -2.06. The van der Waals surface area contributed by atoms with Crippen molar-refractivity contribution in [3.8, 4) is 0 Å². The van der Waals surface area contributed by atoms with Crippen LogP contribution in [0.2, 0.25) is 0 Å². The highest BCUT2D eigenvalue weighted by atomic mass is 16.3. The first-order valence-electron chi connectivity index (χ1n) is 3.94. The van der Waals surface area contributed by atoms with Gasteiger partial charge in [0, 0.05) is 0 Å². The summed E-state index contributed by atoms with van der Waals surface area (Å²) in [5, 5.41) is 9.30. The molecule has 0 spiro atoms. The third kappa shape index (κ3) is 2.00. The molecular formula is C10H12N2O. The van der Waals surface area contributed by atoms with Crippen LogP contribution in [0.3, 0.4) is 0 Å². The number of aliphatic imine (C=N–C) groups is 2. The first kappa shape index (κ1) is 9.61. The Morgan fingerprint density at radius 3 is 2.31 bits per heavy atom. The Morgan fingerprint density at radius 2 is 1.85 bits per heavy atom. The summed E-state index contributed by atoms with van der Waals surface area (Å²) < 4.78 is 0. The van der Waals surface area contributed by atoms with E-state index in [1.54, 1.807) is 25.1 Å². The molecule has 0 heterocycles. The summed E-state index contributed by atoms with van der Waals surface area (Å²) in [4.78, 5) is 7.57. The minimum absolute atomic E-state index is 0.501. The van der Waals surface area contributed by atoms with Gasteiger partial charge in [-0.3, -0.25) is 9.98 Å². The van der Waals surface area contributed by atoms with Crippen molar-refractivity contribution in [2.75, 3.05) is 0 Å². The smallest absolute Gasteiger partial charge is 0.0882 e. The molecule has 1 atom stereocenters. The largest absolute Gasteiger partial charge is 0.389 e. The molecule has 0 aliphatic heterocycles. The second-order valence-electron chi connectivity index (χ2n) is 2.74. The minimum atomic E-state index is -0.501. The summed E-state index contributed by atoms with van der Waals surface area (Å²) in [5.74, 6) is 0. The normalized spacial score (nSPS) is 12.2. The van der Waals surface area contributed by atoms with Crippen molar-refractivity contribution in [2.24, 2.45) is 9.98 Å². The zero-order valence-electron chi connectivity index (χ0n) is 7.57. The standard InChI is InChI=1S/C10H12N2O/c1-7(13)8-4-5-9(11-2)10(6-8)12-3/h4-7,13H,2-3H2,1H3. The number of hydrogen-bond donors (Lipinski definition) is 1. The molecule has 13 heavy (non-hydrogen) atoms. The summed E-state index contributed by atoms with van der Waals surface area (Å²) in [5.41, 5.74) is 2.13. The molecule has 0 aliphatic carbocycles. The molecule has 1 aromatic carbocycles. The number of hydrogen-bond acceptors (Lipinski definition) is 3. The zero-order chi connectivity index (χ0) is 9.84. The molecule has 0 aromatic heterocycles. The van der Waals surface area contributed by atoms with Gasteiger partial charge in [-0.15, -0.1) is 0 Å². The molecule has 68 valence electrons. The van der Waals surface area contributed by atoms with Crippen LogP contribution in [0.4, 0.5) is 11.4 Å². The van der Waals surface area contributed by atoms with Crippen LogP contribution >= 0.6 is 0 Å². The molecule has 0 bridgehead atoms. The molecule has 1 N–H and O–H groups in total. The first-order valence-corrected chi connectivity index (χ1v) is 3.94. The monoisotopic (exact) mass is 176 g/mol. The van der Waals surface area contributed by atoms with Crippen molar-refractivity contribution in [3.63, 3.8) is 0 Å². The van der Waals surface area contributed by atoms with Crippen LogP contribution < -0.4 is 0 Å². The van der Waals surface area contributed by atoms with Gasteiger partial charge in [-0.1, -0.05) is 6.07 Å². The molecule has 3 nitrogen and oxygen atoms in total. The summed E-state index contributed by atoms with van der Waals surface area (Å²) >= 11 is 0. The number of benzene rings is 1. The average Bonchev–Trinajstić information content (AvgIpc) is 2.16. The maximum atomic E-state index is 9.30. The topological polar surface area (TPSA) is 45.0 Å². The van der Waals surface area contributed by atoms with E-state index in [-0.39, 0.29) is 0 Å². The number of nitrogens with zero attached hydrogens (tertiary/aromatic N) is 2. The average molecular weight is 176 g/mol. The highest BCUT2D eigenvalue weighted by Crippen LogP contribution is 2.29. The summed E-state index contributed by atoms with van der Waals surface area (Å²) in [6.07, 6.45) is -0.501. The number of aliphatic hydroxyl groups excluding tert-OH is 1. The molecule has 0 fully saturated rings. The Labute approximate surface area is 77.5 Å². The van der Waals surface area contributed by atoms with Crippen LogP contribution in [-0.4, -0.2) is 18.5 Å². The quantitative estimate of drug-likeness (QED) is 0.706. The van der Waals surface area contributed by atoms with Crippen molar-refractivity contribution in [1.82, 2.24) is 0 Å². The molecule has 3 heteroatoms. The summed E-state index contributed by atoms with van der Waals surface area (Å²) in [6.45, 7) is 8.53. The Hall–Kier alpha value is -1.48. The van der Waals surface area contributed by atoms with Crippen LogP contribution in [0.15, 0.2) is 28.2 Å². The maximum Gasteiger partial charge on any atom is 0.0882 e. The lowest BCUT2D eigenvalue weighted by molar-refractivity contribution is 0.199.